The van der Waals surface area contributed by atoms with Crippen LogP contribution in [0, 0.1) is 34.5 Å². The largest absolute Gasteiger partial charge is 0.419 e. The van der Waals surface area contributed by atoms with Crippen molar-refractivity contribution < 1.29 is 45.9 Å². The number of carbonyl (C=O) groups excluding carboxylic acids is 4. The number of amides is 3. The van der Waals surface area contributed by atoms with E-state index in [1.54, 1.807) is 0 Å². The van der Waals surface area contributed by atoms with Crippen LogP contribution in [-0.4, -0.2) is 46.8 Å². The Kier molecular flexibility index (Phi) is 6.50. The summed E-state index contributed by atoms with van der Waals surface area (Å²) >= 11 is 0.782. The van der Waals surface area contributed by atoms with Gasteiger partial charge in [-0.3, -0.25) is 24.1 Å². The number of hydrogen-bond donors (Lipinski definition) is 1. The summed E-state index contributed by atoms with van der Waals surface area (Å²) < 4.78 is 71.0. The third-order valence-electron chi connectivity index (χ3n) is 3.90. The maximum absolute atomic E-state index is 13.6. The van der Waals surface area contributed by atoms with Crippen LogP contribution in [0.3, 0.4) is 0 Å². The van der Waals surface area contributed by atoms with Gasteiger partial charge in [0.2, 0.25) is 46.6 Å². The predicted molar refractivity (Wildman–Crippen MR) is 88.2 cm³/mol. The van der Waals surface area contributed by atoms with Gasteiger partial charge in [-0.25, -0.2) is 13.2 Å². The molecule has 0 radical (unpaired) electrons. The summed E-state index contributed by atoms with van der Waals surface area (Å²) in [5.74, 6) is -16.7. The minimum absolute atomic E-state index is 0.0352. The van der Waals surface area contributed by atoms with Crippen LogP contribution in [0.1, 0.15) is 13.8 Å². The van der Waals surface area contributed by atoms with Gasteiger partial charge in [0.25, 0.3) is 5.24 Å². The van der Waals surface area contributed by atoms with Crippen molar-refractivity contribution in [3.05, 3.63) is 29.1 Å². The van der Waals surface area contributed by atoms with Crippen molar-refractivity contribution >= 4 is 34.8 Å². The Hall–Kier alpha value is -2.70. The Morgan fingerprint density at radius 2 is 1.55 bits per heavy atom. The molecule has 1 N–H and O–H groups in total. The van der Waals surface area contributed by atoms with Gasteiger partial charge in [-0.1, -0.05) is 11.8 Å². The third-order valence-corrected chi connectivity index (χ3v) is 4.76. The van der Waals surface area contributed by atoms with Gasteiger partial charge in [0.15, 0.2) is 0 Å². The summed E-state index contributed by atoms with van der Waals surface area (Å²) in [6.07, 6.45) is 0. The topological polar surface area (TPSA) is 92.8 Å². The van der Waals surface area contributed by atoms with Crippen LogP contribution in [-0.2, 0) is 14.4 Å². The van der Waals surface area contributed by atoms with Gasteiger partial charge in [0.1, 0.15) is 5.41 Å². The van der Waals surface area contributed by atoms with Crippen molar-refractivity contribution in [3.8, 4) is 5.75 Å². The standard InChI is InChI=1S/C16H13F5N2O5S/c1-16(2,13(25)22-3-4-23-6(24)5-29-15(23)27)14(26)28-12-10(20)8(18)7(17)9(19)11(12)21/h3-5H2,1-2H3,(H,22,25). The number of thioether (sulfide) groups is 1. The Morgan fingerprint density at radius 3 is 2.03 bits per heavy atom. The van der Waals surface area contributed by atoms with Gasteiger partial charge in [-0.15, -0.1) is 0 Å². The molecule has 2 rings (SSSR count). The van der Waals surface area contributed by atoms with Crippen LogP contribution in [0.5, 0.6) is 5.75 Å². The smallest absolute Gasteiger partial charge is 0.326 e. The molecule has 0 atom stereocenters. The van der Waals surface area contributed by atoms with Gasteiger partial charge < -0.3 is 10.1 Å². The van der Waals surface area contributed by atoms with E-state index in [4.69, 9.17) is 0 Å². The first-order chi connectivity index (χ1) is 13.4. The predicted octanol–water partition coefficient (Wildman–Crippen LogP) is 2.13. The summed E-state index contributed by atoms with van der Waals surface area (Å²) in [4.78, 5) is 48.1. The third kappa shape index (κ3) is 4.33. The molecule has 1 aliphatic heterocycles. The quantitative estimate of drug-likeness (QED) is 0.182. The highest BCUT2D eigenvalue weighted by Gasteiger charge is 2.40. The number of carbonyl (C=O) groups is 4. The molecule has 1 aliphatic rings. The average molecular weight is 440 g/mol. The zero-order valence-electron chi connectivity index (χ0n) is 14.9. The second kappa shape index (κ2) is 8.35. The van der Waals surface area contributed by atoms with E-state index in [0.29, 0.717) is 0 Å². The molecule has 0 aromatic heterocycles. The van der Waals surface area contributed by atoms with Gasteiger partial charge in [-0.2, -0.15) is 8.78 Å². The molecule has 7 nitrogen and oxygen atoms in total. The number of benzene rings is 1. The molecule has 1 fully saturated rings. The fourth-order valence-electron chi connectivity index (χ4n) is 2.09. The number of hydrogen-bond acceptors (Lipinski definition) is 6. The molecule has 0 aliphatic carbocycles. The van der Waals surface area contributed by atoms with Gasteiger partial charge in [-0.05, 0) is 13.8 Å². The minimum atomic E-state index is -2.43. The summed E-state index contributed by atoms with van der Waals surface area (Å²) in [6, 6.07) is 0. The van der Waals surface area contributed by atoms with Crippen molar-refractivity contribution in [1.29, 1.82) is 0 Å². The minimum Gasteiger partial charge on any atom is -0.419 e. The molecule has 1 aromatic rings. The van der Waals surface area contributed by atoms with E-state index in [1.165, 1.54) is 0 Å². The number of ether oxygens (including phenoxy) is 1. The summed E-state index contributed by atoms with van der Waals surface area (Å²) in [6.45, 7) is 1.55. The Balaban J connectivity index is 2.07. The summed E-state index contributed by atoms with van der Waals surface area (Å²) in [5, 5.41) is 1.72. The van der Waals surface area contributed by atoms with Crippen molar-refractivity contribution in [2.24, 2.45) is 5.41 Å². The van der Waals surface area contributed by atoms with Crippen molar-refractivity contribution in [1.82, 2.24) is 10.2 Å². The van der Waals surface area contributed by atoms with Crippen molar-refractivity contribution in [2.45, 2.75) is 13.8 Å². The van der Waals surface area contributed by atoms with E-state index >= 15 is 0 Å². The van der Waals surface area contributed by atoms with Gasteiger partial charge >= 0.3 is 5.97 Å². The van der Waals surface area contributed by atoms with Crippen LogP contribution < -0.4 is 10.1 Å². The fraction of sp³-hybridized carbons (Fsp3) is 0.375. The zero-order valence-corrected chi connectivity index (χ0v) is 15.7. The first-order valence-electron chi connectivity index (χ1n) is 7.88. The lowest BCUT2D eigenvalue weighted by molar-refractivity contribution is -0.151. The molecule has 0 spiro atoms. The average Bonchev–Trinajstić information content (AvgIpc) is 2.99. The maximum Gasteiger partial charge on any atom is 0.326 e. The lowest BCUT2D eigenvalue weighted by atomic mass is 9.92. The lowest BCUT2D eigenvalue weighted by Crippen LogP contribution is -2.47. The molecule has 13 heteroatoms. The SMILES string of the molecule is CC(C)(C(=O)NCCN1C(=O)CSC1=O)C(=O)Oc1c(F)c(F)c(F)c(F)c1F. The first kappa shape index (κ1) is 22.6. The molecule has 1 saturated heterocycles. The van der Waals surface area contributed by atoms with Crippen molar-refractivity contribution in [2.75, 3.05) is 18.8 Å². The molecular weight excluding hydrogens is 427 g/mol. The van der Waals surface area contributed by atoms with E-state index in [9.17, 15) is 41.1 Å². The number of nitrogens with one attached hydrogen (secondary N) is 1. The van der Waals surface area contributed by atoms with E-state index < -0.39 is 63.3 Å². The number of rotatable bonds is 6. The highest BCUT2D eigenvalue weighted by molar-refractivity contribution is 8.14. The molecular formula is C16H13F5N2O5S. The Bertz CT molecular complexity index is 863. The fourth-order valence-corrected chi connectivity index (χ4v) is 2.84. The molecule has 158 valence electrons. The zero-order chi connectivity index (χ0) is 22.1. The second-order valence-corrected chi connectivity index (χ2v) is 7.20. The van der Waals surface area contributed by atoms with E-state index in [2.05, 4.69) is 10.1 Å². The Morgan fingerprint density at radius 1 is 1.03 bits per heavy atom. The molecule has 1 aromatic carbocycles. The van der Waals surface area contributed by atoms with E-state index in [1.807, 2.05) is 0 Å². The molecule has 0 bridgehead atoms. The highest BCUT2D eigenvalue weighted by atomic mass is 32.2. The van der Waals surface area contributed by atoms with Crippen LogP contribution in [0.2, 0.25) is 0 Å². The lowest BCUT2D eigenvalue weighted by Gasteiger charge is -2.22. The van der Waals surface area contributed by atoms with E-state index in [-0.39, 0.29) is 18.8 Å². The summed E-state index contributed by atoms with van der Waals surface area (Å²) in [7, 11) is 0. The van der Waals surface area contributed by atoms with Crippen LogP contribution >= 0.6 is 11.8 Å². The van der Waals surface area contributed by atoms with Crippen LogP contribution in [0.15, 0.2) is 0 Å². The maximum atomic E-state index is 13.6. The van der Waals surface area contributed by atoms with Crippen LogP contribution in [0.25, 0.3) is 0 Å². The number of esters is 1. The molecule has 0 unspecified atom stereocenters. The Labute approximate surface area is 164 Å². The number of imide groups is 1. The second-order valence-electron chi connectivity index (χ2n) is 6.27. The first-order valence-corrected chi connectivity index (χ1v) is 8.87. The molecule has 0 saturated carbocycles. The van der Waals surface area contributed by atoms with Gasteiger partial charge in [0.05, 0.1) is 5.75 Å². The number of nitrogens with zero attached hydrogens (tertiary/aromatic N) is 1. The van der Waals surface area contributed by atoms with Gasteiger partial charge in [0, 0.05) is 13.1 Å². The molecule has 1 heterocycles. The van der Waals surface area contributed by atoms with Crippen molar-refractivity contribution in [3.63, 3.8) is 0 Å². The monoisotopic (exact) mass is 440 g/mol. The van der Waals surface area contributed by atoms with E-state index in [0.717, 1.165) is 30.5 Å². The molecule has 29 heavy (non-hydrogen) atoms. The van der Waals surface area contributed by atoms with Crippen LogP contribution in [0.4, 0.5) is 26.7 Å². The normalized spacial score (nSPS) is 14.4. The number of halogens is 5. The molecule has 3 amide bonds. The highest BCUT2D eigenvalue weighted by Crippen LogP contribution is 2.31. The summed E-state index contributed by atoms with van der Waals surface area (Å²) in [5.41, 5.74) is -2.10.